The Kier molecular flexibility index (Phi) is 5.42. The predicted octanol–water partition coefficient (Wildman–Crippen LogP) is 3.93. The number of hydrogen-bond acceptors (Lipinski definition) is 2. The number of aryl methyl sites for hydroxylation is 1. The van der Waals surface area contributed by atoms with Gasteiger partial charge < -0.3 is 0 Å². The first-order valence-corrected chi connectivity index (χ1v) is 7.29. The van der Waals surface area contributed by atoms with Crippen molar-refractivity contribution in [3.05, 3.63) is 71.0 Å². The SMILES string of the molecule is CCCc1ccc(/C(C)=N/NC(=O)c2ccc(F)cc2)cc1. The van der Waals surface area contributed by atoms with Crippen molar-refractivity contribution in [1.82, 2.24) is 5.43 Å². The molecule has 0 aliphatic rings. The van der Waals surface area contributed by atoms with E-state index >= 15 is 0 Å². The van der Waals surface area contributed by atoms with Crippen LogP contribution in [0.2, 0.25) is 0 Å². The van der Waals surface area contributed by atoms with Crippen LogP contribution in [0.4, 0.5) is 4.39 Å². The van der Waals surface area contributed by atoms with Crippen molar-refractivity contribution < 1.29 is 9.18 Å². The Bertz CT molecular complexity index is 660. The maximum Gasteiger partial charge on any atom is 0.271 e. The average molecular weight is 298 g/mol. The molecular formula is C18H19FN2O. The number of benzene rings is 2. The van der Waals surface area contributed by atoms with Crippen molar-refractivity contribution in [3.8, 4) is 0 Å². The number of carbonyl (C=O) groups is 1. The molecule has 0 aliphatic carbocycles. The van der Waals surface area contributed by atoms with Gasteiger partial charge in [-0.2, -0.15) is 5.10 Å². The molecule has 3 nitrogen and oxygen atoms in total. The van der Waals surface area contributed by atoms with E-state index < -0.39 is 0 Å². The van der Waals surface area contributed by atoms with Crippen molar-refractivity contribution in [2.24, 2.45) is 5.10 Å². The van der Waals surface area contributed by atoms with Crippen LogP contribution in [0.3, 0.4) is 0 Å². The molecule has 0 saturated heterocycles. The van der Waals surface area contributed by atoms with Gasteiger partial charge in [0.05, 0.1) is 5.71 Å². The molecule has 0 fully saturated rings. The Morgan fingerprint density at radius 3 is 2.23 bits per heavy atom. The van der Waals surface area contributed by atoms with E-state index in [-0.39, 0.29) is 11.7 Å². The van der Waals surface area contributed by atoms with Crippen LogP contribution >= 0.6 is 0 Å². The lowest BCUT2D eigenvalue weighted by molar-refractivity contribution is 0.0955. The third-order valence-electron chi connectivity index (χ3n) is 3.34. The largest absolute Gasteiger partial charge is 0.271 e. The first-order chi connectivity index (χ1) is 10.6. The summed E-state index contributed by atoms with van der Waals surface area (Å²) in [5.74, 6) is -0.731. The second-order valence-corrected chi connectivity index (χ2v) is 5.09. The highest BCUT2D eigenvalue weighted by Crippen LogP contribution is 2.08. The number of halogens is 1. The van der Waals surface area contributed by atoms with Gasteiger partial charge in [0.2, 0.25) is 0 Å². The molecule has 0 bridgehead atoms. The van der Waals surface area contributed by atoms with Gasteiger partial charge in [-0.25, -0.2) is 9.82 Å². The summed E-state index contributed by atoms with van der Waals surface area (Å²) in [4.78, 5) is 11.9. The molecule has 114 valence electrons. The smallest absolute Gasteiger partial charge is 0.267 e. The van der Waals surface area contributed by atoms with Gasteiger partial charge in [-0.05, 0) is 48.7 Å². The number of hydrogen-bond donors (Lipinski definition) is 1. The Labute approximate surface area is 129 Å². The summed E-state index contributed by atoms with van der Waals surface area (Å²) in [5.41, 5.74) is 5.82. The molecule has 1 N–H and O–H groups in total. The average Bonchev–Trinajstić information content (AvgIpc) is 2.54. The molecule has 0 radical (unpaired) electrons. The van der Waals surface area contributed by atoms with Crippen molar-refractivity contribution in [3.63, 3.8) is 0 Å². The first kappa shape index (κ1) is 15.9. The van der Waals surface area contributed by atoms with Gasteiger partial charge >= 0.3 is 0 Å². The Balaban J connectivity index is 2.02. The lowest BCUT2D eigenvalue weighted by atomic mass is 10.1. The summed E-state index contributed by atoms with van der Waals surface area (Å²) in [7, 11) is 0. The summed E-state index contributed by atoms with van der Waals surface area (Å²) in [5, 5.41) is 4.09. The fourth-order valence-corrected chi connectivity index (χ4v) is 2.07. The lowest BCUT2D eigenvalue weighted by Crippen LogP contribution is -2.19. The van der Waals surface area contributed by atoms with E-state index in [9.17, 15) is 9.18 Å². The second-order valence-electron chi connectivity index (χ2n) is 5.09. The van der Waals surface area contributed by atoms with Crippen LogP contribution in [-0.4, -0.2) is 11.6 Å². The van der Waals surface area contributed by atoms with Crippen LogP contribution in [0, 0.1) is 5.82 Å². The Morgan fingerprint density at radius 2 is 1.64 bits per heavy atom. The number of rotatable bonds is 5. The molecule has 0 aliphatic heterocycles. The van der Waals surface area contributed by atoms with E-state index in [4.69, 9.17) is 0 Å². The van der Waals surface area contributed by atoms with Gasteiger partial charge in [-0.3, -0.25) is 4.79 Å². The van der Waals surface area contributed by atoms with E-state index in [2.05, 4.69) is 29.6 Å². The highest BCUT2D eigenvalue weighted by atomic mass is 19.1. The Hall–Kier alpha value is -2.49. The van der Waals surface area contributed by atoms with Gasteiger partial charge in [-0.15, -0.1) is 0 Å². The van der Waals surface area contributed by atoms with Gasteiger partial charge in [0.1, 0.15) is 5.82 Å². The number of nitrogens with one attached hydrogen (secondary N) is 1. The van der Waals surface area contributed by atoms with Crippen LogP contribution in [-0.2, 0) is 6.42 Å². The minimum atomic E-state index is -0.372. The molecular weight excluding hydrogens is 279 g/mol. The van der Waals surface area contributed by atoms with Gasteiger partial charge in [0.25, 0.3) is 5.91 Å². The van der Waals surface area contributed by atoms with Gasteiger partial charge in [0.15, 0.2) is 0 Å². The quantitative estimate of drug-likeness (QED) is 0.659. The molecule has 0 atom stereocenters. The number of carbonyl (C=O) groups excluding carboxylic acids is 1. The van der Waals surface area contributed by atoms with Gasteiger partial charge in [0, 0.05) is 5.56 Å². The highest BCUT2D eigenvalue weighted by molar-refractivity contribution is 6.00. The fraction of sp³-hybridized carbons (Fsp3) is 0.222. The molecule has 0 unspecified atom stereocenters. The highest BCUT2D eigenvalue weighted by Gasteiger charge is 2.05. The molecule has 0 heterocycles. The van der Waals surface area contributed by atoms with Crippen LogP contribution in [0.5, 0.6) is 0 Å². The van der Waals surface area contributed by atoms with E-state index in [1.54, 1.807) is 0 Å². The van der Waals surface area contributed by atoms with Gasteiger partial charge in [-0.1, -0.05) is 37.6 Å². The minimum Gasteiger partial charge on any atom is -0.267 e. The number of amides is 1. The zero-order chi connectivity index (χ0) is 15.9. The number of nitrogens with zero attached hydrogens (tertiary/aromatic N) is 1. The summed E-state index contributed by atoms with van der Waals surface area (Å²) in [6.45, 7) is 3.98. The second kappa shape index (κ2) is 7.50. The van der Waals surface area contributed by atoms with E-state index in [1.807, 2.05) is 19.1 Å². The molecule has 22 heavy (non-hydrogen) atoms. The maximum atomic E-state index is 12.8. The normalized spacial score (nSPS) is 11.3. The number of hydrazone groups is 1. The van der Waals surface area contributed by atoms with Crippen molar-refractivity contribution in [1.29, 1.82) is 0 Å². The molecule has 0 spiro atoms. The summed E-state index contributed by atoms with van der Waals surface area (Å²) < 4.78 is 12.8. The standard InChI is InChI=1S/C18H19FN2O/c1-3-4-14-5-7-15(8-6-14)13(2)20-21-18(22)16-9-11-17(19)12-10-16/h5-12H,3-4H2,1-2H3,(H,21,22)/b20-13+. The van der Waals surface area contributed by atoms with Crippen LogP contribution < -0.4 is 5.43 Å². The Morgan fingerprint density at radius 1 is 1.05 bits per heavy atom. The third-order valence-corrected chi connectivity index (χ3v) is 3.34. The zero-order valence-corrected chi connectivity index (χ0v) is 12.8. The summed E-state index contributed by atoms with van der Waals surface area (Å²) >= 11 is 0. The lowest BCUT2D eigenvalue weighted by Gasteiger charge is -2.04. The van der Waals surface area contributed by atoms with E-state index in [0.29, 0.717) is 5.56 Å². The first-order valence-electron chi connectivity index (χ1n) is 7.29. The fourth-order valence-electron chi connectivity index (χ4n) is 2.07. The summed E-state index contributed by atoms with van der Waals surface area (Å²) in [6.07, 6.45) is 2.16. The molecule has 0 saturated carbocycles. The van der Waals surface area contributed by atoms with Crippen molar-refractivity contribution >= 4 is 11.6 Å². The summed E-state index contributed by atoms with van der Waals surface area (Å²) in [6, 6.07) is 13.5. The maximum absolute atomic E-state index is 12.8. The molecule has 0 aromatic heterocycles. The monoisotopic (exact) mass is 298 g/mol. The van der Waals surface area contributed by atoms with E-state index in [0.717, 1.165) is 24.1 Å². The molecule has 1 amide bonds. The van der Waals surface area contributed by atoms with E-state index in [1.165, 1.54) is 29.8 Å². The molecule has 2 rings (SSSR count). The van der Waals surface area contributed by atoms with Crippen LogP contribution in [0.1, 0.15) is 41.8 Å². The molecule has 2 aromatic carbocycles. The molecule has 2 aromatic rings. The predicted molar refractivity (Wildman–Crippen MR) is 86.5 cm³/mol. The third kappa shape index (κ3) is 4.25. The van der Waals surface area contributed by atoms with Crippen LogP contribution in [0.25, 0.3) is 0 Å². The molecule has 4 heteroatoms. The zero-order valence-electron chi connectivity index (χ0n) is 12.8. The van der Waals surface area contributed by atoms with Crippen molar-refractivity contribution in [2.45, 2.75) is 26.7 Å². The van der Waals surface area contributed by atoms with Crippen molar-refractivity contribution in [2.75, 3.05) is 0 Å². The van der Waals surface area contributed by atoms with Crippen LogP contribution in [0.15, 0.2) is 53.6 Å². The topological polar surface area (TPSA) is 41.5 Å². The minimum absolute atomic E-state index is 0.359.